The first kappa shape index (κ1) is 14.0. The normalized spacial score (nSPS) is 22.3. The number of rotatable bonds is 4. The molecule has 0 bridgehead atoms. The summed E-state index contributed by atoms with van der Waals surface area (Å²) < 4.78 is 27.0. The molecule has 0 unspecified atom stereocenters. The highest BCUT2D eigenvalue weighted by molar-refractivity contribution is 7.89. The highest BCUT2D eigenvalue weighted by Gasteiger charge is 2.33. The average Bonchev–Trinajstić information content (AvgIpc) is 3.14. The van der Waals surface area contributed by atoms with Gasteiger partial charge >= 0.3 is 0 Å². The number of nitrogens with zero attached hydrogens (tertiary/aromatic N) is 3. The molecule has 1 aliphatic heterocycles. The molecule has 1 aliphatic carbocycles. The summed E-state index contributed by atoms with van der Waals surface area (Å²) in [5.74, 6) is 0.858. The first-order valence-electron chi connectivity index (χ1n) is 7.22. The average molecular weight is 298 g/mol. The summed E-state index contributed by atoms with van der Waals surface area (Å²) in [6.45, 7) is 7.48. The second kappa shape index (κ2) is 5.13. The Morgan fingerprint density at radius 1 is 1.20 bits per heavy atom. The van der Waals surface area contributed by atoms with E-state index >= 15 is 0 Å². The molecule has 1 N–H and O–H groups in total. The summed E-state index contributed by atoms with van der Waals surface area (Å²) in [6.07, 6.45) is 2.68. The Hall–Kier alpha value is -0.920. The van der Waals surface area contributed by atoms with Gasteiger partial charge in [-0.15, -0.1) is 0 Å². The van der Waals surface area contributed by atoms with Crippen LogP contribution in [0.4, 0.5) is 0 Å². The fourth-order valence-corrected chi connectivity index (χ4v) is 4.62. The maximum Gasteiger partial charge on any atom is 0.246 e. The minimum absolute atomic E-state index is 0.355. The molecule has 1 saturated heterocycles. The van der Waals surface area contributed by atoms with E-state index in [0.717, 1.165) is 25.6 Å². The van der Waals surface area contributed by atoms with E-state index < -0.39 is 10.0 Å². The lowest BCUT2D eigenvalue weighted by molar-refractivity contribution is 0.182. The molecule has 0 amide bonds. The first-order valence-corrected chi connectivity index (χ1v) is 8.66. The summed E-state index contributed by atoms with van der Waals surface area (Å²) >= 11 is 0. The van der Waals surface area contributed by atoms with Crippen LogP contribution in [0.1, 0.15) is 24.2 Å². The topological polar surface area (TPSA) is 69.3 Å². The Morgan fingerprint density at radius 3 is 2.35 bits per heavy atom. The third-order valence-electron chi connectivity index (χ3n) is 4.20. The van der Waals surface area contributed by atoms with Gasteiger partial charge in [0.15, 0.2) is 0 Å². The third kappa shape index (κ3) is 2.62. The molecule has 112 valence electrons. The quantitative estimate of drug-likeness (QED) is 0.890. The smallest absolute Gasteiger partial charge is 0.246 e. The molecule has 2 aliphatic rings. The van der Waals surface area contributed by atoms with Crippen LogP contribution in [0.15, 0.2) is 4.90 Å². The van der Waals surface area contributed by atoms with E-state index in [-0.39, 0.29) is 0 Å². The van der Waals surface area contributed by atoms with Crippen LogP contribution in [-0.4, -0.2) is 60.5 Å². The van der Waals surface area contributed by atoms with E-state index in [2.05, 4.69) is 15.1 Å². The molecule has 0 atom stereocenters. The van der Waals surface area contributed by atoms with E-state index in [4.69, 9.17) is 0 Å². The number of piperazine rings is 1. The lowest BCUT2D eigenvalue weighted by Gasteiger charge is -2.34. The van der Waals surface area contributed by atoms with E-state index in [0.29, 0.717) is 29.4 Å². The Balaban J connectivity index is 1.70. The van der Waals surface area contributed by atoms with Gasteiger partial charge in [0.05, 0.1) is 11.4 Å². The van der Waals surface area contributed by atoms with Gasteiger partial charge in [-0.05, 0) is 32.6 Å². The van der Waals surface area contributed by atoms with Gasteiger partial charge in [0.25, 0.3) is 0 Å². The highest BCUT2D eigenvalue weighted by Crippen LogP contribution is 2.30. The van der Waals surface area contributed by atoms with Crippen molar-refractivity contribution < 1.29 is 8.42 Å². The van der Waals surface area contributed by atoms with Gasteiger partial charge < -0.3 is 4.90 Å². The standard InChI is InChI=1S/C13H22N4O2S/c1-10-13(11(2)15-14-10)20(18,19)17-7-5-16(6-8-17)9-12-3-4-12/h12H,3-9H2,1-2H3,(H,14,15). The molecule has 6 nitrogen and oxygen atoms in total. The number of nitrogens with one attached hydrogen (secondary N) is 1. The molecular weight excluding hydrogens is 276 g/mol. The predicted octanol–water partition coefficient (Wildman–Crippen LogP) is 0.743. The molecule has 2 heterocycles. The summed E-state index contributed by atoms with van der Waals surface area (Å²) in [5, 5.41) is 6.76. The lowest BCUT2D eigenvalue weighted by atomic mass is 10.3. The SMILES string of the molecule is Cc1n[nH]c(C)c1S(=O)(=O)N1CCN(CC2CC2)CC1. The zero-order chi connectivity index (χ0) is 14.3. The number of aryl methyl sites for hydroxylation is 2. The van der Waals surface area contributed by atoms with E-state index in [1.807, 2.05) is 0 Å². The van der Waals surface area contributed by atoms with Crippen molar-refractivity contribution in [3.8, 4) is 0 Å². The molecule has 20 heavy (non-hydrogen) atoms. The maximum absolute atomic E-state index is 12.7. The number of hydrogen-bond acceptors (Lipinski definition) is 4. The molecule has 1 aromatic heterocycles. The monoisotopic (exact) mass is 298 g/mol. The summed E-state index contributed by atoms with van der Waals surface area (Å²) in [7, 11) is -3.40. The molecule has 2 fully saturated rings. The van der Waals surface area contributed by atoms with Crippen molar-refractivity contribution in [2.45, 2.75) is 31.6 Å². The van der Waals surface area contributed by atoms with Gasteiger partial charge in [0, 0.05) is 32.7 Å². The van der Waals surface area contributed by atoms with E-state index in [1.165, 1.54) is 12.8 Å². The number of aromatic amines is 1. The number of H-pyrrole nitrogens is 1. The van der Waals surface area contributed by atoms with E-state index in [1.54, 1.807) is 18.2 Å². The zero-order valence-electron chi connectivity index (χ0n) is 12.1. The number of sulfonamides is 1. The van der Waals surface area contributed by atoms with Crippen molar-refractivity contribution in [1.82, 2.24) is 19.4 Å². The second-order valence-electron chi connectivity index (χ2n) is 5.91. The van der Waals surface area contributed by atoms with E-state index in [9.17, 15) is 8.42 Å². The maximum atomic E-state index is 12.7. The Bertz CT molecular complexity index is 564. The van der Waals surface area contributed by atoms with Gasteiger partial charge in [-0.2, -0.15) is 9.40 Å². The van der Waals surface area contributed by atoms with Crippen molar-refractivity contribution >= 4 is 10.0 Å². The third-order valence-corrected chi connectivity index (χ3v) is 6.37. The van der Waals surface area contributed by atoms with Crippen molar-refractivity contribution in [2.24, 2.45) is 5.92 Å². The first-order chi connectivity index (χ1) is 9.48. The summed E-state index contributed by atoms with van der Waals surface area (Å²) in [6, 6.07) is 0. The fraction of sp³-hybridized carbons (Fsp3) is 0.769. The molecule has 0 aromatic carbocycles. The Labute approximate surface area is 120 Å². The molecular formula is C13H22N4O2S. The fourth-order valence-electron chi connectivity index (χ4n) is 2.87. The van der Waals surface area contributed by atoms with Crippen LogP contribution in [0.5, 0.6) is 0 Å². The molecule has 7 heteroatoms. The van der Waals surface area contributed by atoms with Crippen LogP contribution in [0.3, 0.4) is 0 Å². The van der Waals surface area contributed by atoms with Gasteiger partial charge in [0.1, 0.15) is 4.90 Å². The van der Waals surface area contributed by atoms with Crippen LogP contribution in [0.2, 0.25) is 0 Å². The Kier molecular flexibility index (Phi) is 3.60. The highest BCUT2D eigenvalue weighted by atomic mass is 32.2. The Morgan fingerprint density at radius 2 is 1.85 bits per heavy atom. The van der Waals surface area contributed by atoms with Crippen LogP contribution in [0.25, 0.3) is 0 Å². The molecule has 3 rings (SSSR count). The van der Waals surface area contributed by atoms with Crippen LogP contribution < -0.4 is 0 Å². The minimum atomic E-state index is -3.40. The molecule has 0 radical (unpaired) electrons. The van der Waals surface area contributed by atoms with Crippen molar-refractivity contribution in [3.05, 3.63) is 11.4 Å². The van der Waals surface area contributed by atoms with Crippen molar-refractivity contribution in [1.29, 1.82) is 0 Å². The number of hydrogen-bond donors (Lipinski definition) is 1. The molecule has 1 aromatic rings. The van der Waals surface area contributed by atoms with Gasteiger partial charge in [-0.3, -0.25) is 5.10 Å². The number of aromatic nitrogens is 2. The zero-order valence-corrected chi connectivity index (χ0v) is 12.9. The summed E-state index contributed by atoms with van der Waals surface area (Å²) in [5.41, 5.74) is 1.19. The van der Waals surface area contributed by atoms with Crippen LogP contribution in [0, 0.1) is 19.8 Å². The molecule has 0 spiro atoms. The molecule has 1 saturated carbocycles. The van der Waals surface area contributed by atoms with Crippen LogP contribution >= 0.6 is 0 Å². The minimum Gasteiger partial charge on any atom is -0.300 e. The van der Waals surface area contributed by atoms with Crippen molar-refractivity contribution in [2.75, 3.05) is 32.7 Å². The summed E-state index contributed by atoms with van der Waals surface area (Å²) in [4.78, 5) is 2.74. The van der Waals surface area contributed by atoms with Crippen molar-refractivity contribution in [3.63, 3.8) is 0 Å². The van der Waals surface area contributed by atoms with Gasteiger partial charge in [-0.1, -0.05) is 0 Å². The lowest BCUT2D eigenvalue weighted by Crippen LogP contribution is -2.49. The van der Waals surface area contributed by atoms with Crippen LogP contribution in [-0.2, 0) is 10.0 Å². The predicted molar refractivity (Wildman–Crippen MR) is 76.0 cm³/mol. The van der Waals surface area contributed by atoms with Gasteiger partial charge in [0.2, 0.25) is 10.0 Å². The van der Waals surface area contributed by atoms with Gasteiger partial charge in [-0.25, -0.2) is 8.42 Å². The largest absolute Gasteiger partial charge is 0.300 e. The second-order valence-corrected chi connectivity index (χ2v) is 7.79.